The molecule has 2 nitrogen and oxygen atoms in total. The van der Waals surface area contributed by atoms with E-state index in [0.717, 1.165) is 17.5 Å². The van der Waals surface area contributed by atoms with Gasteiger partial charge in [0.15, 0.2) is 6.29 Å². The highest BCUT2D eigenvalue weighted by Gasteiger charge is 2.37. The monoisotopic (exact) mass is 316 g/mol. The van der Waals surface area contributed by atoms with Crippen molar-refractivity contribution in [2.75, 3.05) is 0 Å². The van der Waals surface area contributed by atoms with E-state index < -0.39 is 0 Å². The molecule has 3 aromatic carbocycles. The van der Waals surface area contributed by atoms with Crippen molar-refractivity contribution >= 4 is 0 Å². The Morgan fingerprint density at radius 3 is 1.42 bits per heavy atom. The maximum absolute atomic E-state index is 6.30. The molecule has 0 saturated carbocycles. The molecule has 4 rings (SSSR count). The lowest BCUT2D eigenvalue weighted by molar-refractivity contribution is -0.0651. The average Bonchev–Trinajstić information content (AvgIpc) is 3.08. The third kappa shape index (κ3) is 3.25. The van der Waals surface area contributed by atoms with Crippen molar-refractivity contribution in [1.29, 1.82) is 0 Å². The Kier molecular flexibility index (Phi) is 4.41. The largest absolute Gasteiger partial charge is 0.341 e. The Balaban J connectivity index is 1.60. The number of hydrogen-bond acceptors (Lipinski definition) is 2. The Bertz CT molecular complexity index is 708. The summed E-state index contributed by atoms with van der Waals surface area (Å²) in [5, 5.41) is 0. The first-order valence-corrected chi connectivity index (χ1v) is 8.35. The van der Waals surface area contributed by atoms with Gasteiger partial charge in [0.1, 0.15) is 12.2 Å². The summed E-state index contributed by atoms with van der Waals surface area (Å²) in [6.07, 6.45) is 0.362. The van der Waals surface area contributed by atoms with Crippen LogP contribution in [0.1, 0.15) is 28.9 Å². The molecule has 2 heteroatoms. The molecule has 0 spiro atoms. The van der Waals surface area contributed by atoms with E-state index >= 15 is 0 Å². The van der Waals surface area contributed by atoms with Crippen LogP contribution in [0.5, 0.6) is 0 Å². The van der Waals surface area contributed by atoms with Gasteiger partial charge in [-0.05, 0) is 16.7 Å². The minimum absolute atomic E-state index is 0.0812. The average molecular weight is 316 g/mol. The molecule has 1 aliphatic rings. The molecule has 0 unspecified atom stereocenters. The van der Waals surface area contributed by atoms with Gasteiger partial charge in [0.2, 0.25) is 0 Å². The molecule has 0 bridgehead atoms. The highest BCUT2D eigenvalue weighted by Crippen LogP contribution is 2.43. The van der Waals surface area contributed by atoms with Gasteiger partial charge in [-0.3, -0.25) is 0 Å². The molecule has 0 radical (unpaired) electrons. The lowest BCUT2D eigenvalue weighted by Gasteiger charge is -2.17. The van der Waals surface area contributed by atoms with E-state index in [4.69, 9.17) is 9.47 Å². The Labute approximate surface area is 142 Å². The summed E-state index contributed by atoms with van der Waals surface area (Å²) < 4.78 is 12.6. The Morgan fingerprint density at radius 1 is 0.542 bits per heavy atom. The van der Waals surface area contributed by atoms with E-state index in [0.29, 0.717) is 0 Å². The van der Waals surface area contributed by atoms with Gasteiger partial charge < -0.3 is 9.47 Å². The number of ether oxygens (including phenoxy) is 2. The predicted molar refractivity (Wildman–Crippen MR) is 94.5 cm³/mol. The molecule has 1 aliphatic heterocycles. The Hall–Kier alpha value is -2.42. The van der Waals surface area contributed by atoms with E-state index in [1.54, 1.807) is 0 Å². The summed E-state index contributed by atoms with van der Waals surface area (Å²) in [5.74, 6) is 0. The van der Waals surface area contributed by atoms with Gasteiger partial charge in [-0.15, -0.1) is 0 Å². The Morgan fingerprint density at radius 2 is 0.958 bits per heavy atom. The van der Waals surface area contributed by atoms with E-state index in [-0.39, 0.29) is 18.5 Å². The zero-order valence-corrected chi connectivity index (χ0v) is 13.4. The molecule has 0 N–H and O–H groups in total. The molecule has 1 fully saturated rings. The van der Waals surface area contributed by atoms with E-state index in [9.17, 15) is 0 Å². The molecule has 3 aromatic rings. The lowest BCUT2D eigenvalue weighted by atomic mass is 9.99. The summed E-state index contributed by atoms with van der Waals surface area (Å²) in [6, 6.07) is 31.0. The number of benzene rings is 3. The summed E-state index contributed by atoms with van der Waals surface area (Å²) in [7, 11) is 0. The van der Waals surface area contributed by atoms with Crippen LogP contribution >= 0.6 is 0 Å². The van der Waals surface area contributed by atoms with Crippen molar-refractivity contribution in [2.24, 2.45) is 0 Å². The first-order valence-electron chi connectivity index (χ1n) is 8.35. The van der Waals surface area contributed by atoms with E-state index in [2.05, 4.69) is 36.4 Å². The fourth-order valence-corrected chi connectivity index (χ4v) is 3.20. The van der Waals surface area contributed by atoms with Crippen molar-refractivity contribution in [3.05, 3.63) is 108 Å². The van der Waals surface area contributed by atoms with Crippen LogP contribution in [-0.2, 0) is 15.9 Å². The predicted octanol–water partition coefficient (Wildman–Crippen LogP) is 5.08. The van der Waals surface area contributed by atoms with E-state index in [1.807, 2.05) is 54.6 Å². The molecule has 1 saturated heterocycles. The van der Waals surface area contributed by atoms with Gasteiger partial charge in [-0.2, -0.15) is 0 Å². The lowest BCUT2D eigenvalue weighted by Crippen LogP contribution is -2.11. The molecule has 0 aliphatic carbocycles. The van der Waals surface area contributed by atoms with Crippen molar-refractivity contribution < 1.29 is 9.47 Å². The standard InChI is InChI=1S/C22H20O2/c1-4-10-17(11-5-1)16-20-23-21(18-12-6-2-7-13-18)22(24-20)19-14-8-3-9-15-19/h1-15,20-22H,16H2/t21-,22-/m1/s1. The maximum Gasteiger partial charge on any atom is 0.163 e. The van der Waals surface area contributed by atoms with Crippen molar-refractivity contribution in [3.8, 4) is 0 Å². The summed E-state index contributed by atoms with van der Waals surface area (Å²) in [4.78, 5) is 0. The zero-order valence-electron chi connectivity index (χ0n) is 13.4. The molecular formula is C22H20O2. The molecule has 24 heavy (non-hydrogen) atoms. The van der Waals surface area contributed by atoms with Gasteiger partial charge in [-0.25, -0.2) is 0 Å². The molecule has 1 heterocycles. The first-order chi connectivity index (χ1) is 11.9. The van der Waals surface area contributed by atoms with Crippen LogP contribution < -0.4 is 0 Å². The van der Waals surface area contributed by atoms with Gasteiger partial charge in [0, 0.05) is 6.42 Å². The van der Waals surface area contributed by atoms with Crippen molar-refractivity contribution in [2.45, 2.75) is 24.9 Å². The summed E-state index contributed by atoms with van der Waals surface area (Å²) in [5.41, 5.74) is 3.53. The normalized spacial score (nSPS) is 21.0. The highest BCUT2D eigenvalue weighted by molar-refractivity contribution is 5.26. The highest BCUT2D eigenvalue weighted by atomic mass is 16.7. The van der Waals surface area contributed by atoms with Crippen LogP contribution in [0.25, 0.3) is 0 Å². The molecule has 0 aromatic heterocycles. The first kappa shape index (κ1) is 15.1. The van der Waals surface area contributed by atoms with Gasteiger partial charge in [0.25, 0.3) is 0 Å². The van der Waals surface area contributed by atoms with Crippen LogP contribution in [0.2, 0.25) is 0 Å². The van der Waals surface area contributed by atoms with Crippen LogP contribution in [0, 0.1) is 0 Å². The van der Waals surface area contributed by atoms with Gasteiger partial charge >= 0.3 is 0 Å². The fourth-order valence-electron chi connectivity index (χ4n) is 3.20. The van der Waals surface area contributed by atoms with Crippen molar-refractivity contribution in [3.63, 3.8) is 0 Å². The smallest absolute Gasteiger partial charge is 0.163 e. The quantitative estimate of drug-likeness (QED) is 0.668. The molecule has 0 amide bonds. The van der Waals surface area contributed by atoms with Crippen LogP contribution in [0.4, 0.5) is 0 Å². The third-order valence-corrected chi connectivity index (χ3v) is 4.37. The van der Waals surface area contributed by atoms with Gasteiger partial charge in [-0.1, -0.05) is 91.0 Å². The zero-order chi connectivity index (χ0) is 16.2. The third-order valence-electron chi connectivity index (χ3n) is 4.37. The fraction of sp³-hybridized carbons (Fsp3) is 0.182. The molecule has 120 valence electrons. The SMILES string of the molecule is c1ccc(CC2O[C@H](c3ccccc3)[C@@H](c3ccccc3)O2)cc1. The van der Waals surface area contributed by atoms with Crippen LogP contribution in [-0.4, -0.2) is 6.29 Å². The van der Waals surface area contributed by atoms with Crippen LogP contribution in [0.15, 0.2) is 91.0 Å². The van der Waals surface area contributed by atoms with Crippen molar-refractivity contribution in [1.82, 2.24) is 0 Å². The second-order valence-electron chi connectivity index (χ2n) is 6.05. The molecule has 2 atom stereocenters. The topological polar surface area (TPSA) is 18.5 Å². The summed E-state index contributed by atoms with van der Waals surface area (Å²) >= 11 is 0. The second kappa shape index (κ2) is 7.00. The minimum Gasteiger partial charge on any atom is -0.341 e. The molecular weight excluding hydrogens is 296 g/mol. The second-order valence-corrected chi connectivity index (χ2v) is 6.05. The summed E-state index contributed by atoms with van der Waals surface area (Å²) in [6.45, 7) is 0. The number of hydrogen-bond donors (Lipinski definition) is 0. The van der Waals surface area contributed by atoms with E-state index in [1.165, 1.54) is 5.56 Å². The van der Waals surface area contributed by atoms with Gasteiger partial charge in [0.05, 0.1) is 0 Å². The number of rotatable bonds is 4. The maximum atomic E-state index is 6.30. The van der Waals surface area contributed by atoms with Crippen LogP contribution in [0.3, 0.4) is 0 Å². The minimum atomic E-state index is -0.234.